The highest BCUT2D eigenvalue weighted by molar-refractivity contribution is 5.95. The molecule has 1 amide bonds. The fourth-order valence-corrected chi connectivity index (χ4v) is 3.40. The van der Waals surface area contributed by atoms with Crippen LogP contribution in [0.15, 0.2) is 30.3 Å². The topological polar surface area (TPSA) is 105 Å². The quantitative estimate of drug-likeness (QED) is 0.521. The summed E-state index contributed by atoms with van der Waals surface area (Å²) in [6.45, 7) is 2.91. The maximum absolute atomic E-state index is 12.8. The number of methoxy groups -OCH3 is 3. The lowest BCUT2D eigenvalue weighted by Crippen LogP contribution is -3.12. The first-order valence-corrected chi connectivity index (χ1v) is 9.74. The summed E-state index contributed by atoms with van der Waals surface area (Å²) < 4.78 is 21.6. The Balaban J connectivity index is 1.90. The minimum absolute atomic E-state index is 0.00125. The number of nitro groups is 1. The highest BCUT2D eigenvalue weighted by Gasteiger charge is 2.26. The fourth-order valence-electron chi connectivity index (χ4n) is 3.40. The molecular weight excluding hydrogens is 406 g/mol. The number of carbonyl (C=O) groups is 1. The van der Waals surface area contributed by atoms with Crippen LogP contribution in [0, 0.1) is 10.1 Å². The Bertz CT molecular complexity index is 946. The largest absolute Gasteiger partial charge is 0.493 e. The van der Waals surface area contributed by atoms with Crippen molar-refractivity contribution in [2.45, 2.75) is 0 Å². The van der Waals surface area contributed by atoms with Crippen LogP contribution >= 0.6 is 0 Å². The molecule has 1 fully saturated rings. The Morgan fingerprint density at radius 2 is 1.61 bits per heavy atom. The van der Waals surface area contributed by atoms with E-state index in [0.717, 1.165) is 13.1 Å². The molecule has 1 aliphatic rings. The number of hydrogen-bond donors (Lipinski definition) is 1. The van der Waals surface area contributed by atoms with E-state index in [1.54, 1.807) is 4.90 Å². The summed E-state index contributed by atoms with van der Waals surface area (Å²) in [6.07, 6.45) is 0. The van der Waals surface area contributed by atoms with Gasteiger partial charge in [-0.25, -0.2) is 0 Å². The van der Waals surface area contributed by atoms with Gasteiger partial charge in [0, 0.05) is 23.8 Å². The highest BCUT2D eigenvalue weighted by atomic mass is 16.6. The van der Waals surface area contributed by atoms with Crippen molar-refractivity contribution in [2.24, 2.45) is 0 Å². The summed E-state index contributed by atoms with van der Waals surface area (Å²) in [5, 5.41) is 11.7. The van der Waals surface area contributed by atoms with E-state index in [1.807, 2.05) is 0 Å². The minimum Gasteiger partial charge on any atom is -0.493 e. The zero-order chi connectivity index (χ0) is 22.5. The summed E-state index contributed by atoms with van der Waals surface area (Å²) >= 11 is 0. The molecule has 0 saturated carbocycles. The Hall–Kier alpha value is -3.53. The van der Waals surface area contributed by atoms with Gasteiger partial charge < -0.3 is 28.7 Å². The van der Waals surface area contributed by atoms with Gasteiger partial charge in [-0.3, -0.25) is 14.9 Å². The van der Waals surface area contributed by atoms with Gasteiger partial charge in [-0.1, -0.05) is 0 Å². The summed E-state index contributed by atoms with van der Waals surface area (Å²) in [5.41, 5.74) is -0.0529. The number of rotatable bonds is 7. The van der Waals surface area contributed by atoms with Crippen LogP contribution in [0.3, 0.4) is 0 Å². The van der Waals surface area contributed by atoms with Crippen molar-refractivity contribution in [3.05, 3.63) is 46.0 Å². The lowest BCUT2D eigenvalue weighted by atomic mass is 10.1. The molecule has 1 aliphatic heterocycles. The van der Waals surface area contributed by atoms with E-state index >= 15 is 0 Å². The first-order chi connectivity index (χ1) is 14.9. The SMILES string of the molecule is COc1cc(Oc2ccc(C(=O)N3CC[NH+](C)CC3)cc2[N+](=O)[O-])cc(OC)c1OC. The molecule has 3 rings (SSSR count). The average Bonchev–Trinajstić information content (AvgIpc) is 2.78. The second kappa shape index (κ2) is 9.52. The third-order valence-electron chi connectivity index (χ3n) is 5.17. The lowest BCUT2D eigenvalue weighted by molar-refractivity contribution is -0.883. The zero-order valence-electron chi connectivity index (χ0n) is 18.0. The van der Waals surface area contributed by atoms with Gasteiger partial charge in [0.15, 0.2) is 11.5 Å². The number of likely N-dealkylation sites (N-methyl/N-ethyl adjacent to an activating group) is 1. The second-order valence-electron chi connectivity index (χ2n) is 7.15. The Morgan fingerprint density at radius 1 is 1.00 bits per heavy atom. The molecule has 0 radical (unpaired) electrons. The zero-order valence-corrected chi connectivity index (χ0v) is 18.0. The van der Waals surface area contributed by atoms with E-state index in [0.29, 0.717) is 30.3 Å². The number of nitrogens with one attached hydrogen (secondary N) is 1. The molecule has 31 heavy (non-hydrogen) atoms. The number of hydrogen-bond acceptors (Lipinski definition) is 7. The predicted octanol–water partition coefficient (Wildman–Crippen LogP) is 1.38. The van der Waals surface area contributed by atoms with Gasteiger partial charge in [-0.2, -0.15) is 0 Å². The number of benzene rings is 2. The number of ether oxygens (including phenoxy) is 4. The Labute approximate surface area is 180 Å². The number of piperazine rings is 1. The smallest absolute Gasteiger partial charge is 0.312 e. The molecule has 1 N–H and O–H groups in total. The molecule has 0 aliphatic carbocycles. The van der Waals surface area contributed by atoms with Gasteiger partial charge in [0.2, 0.25) is 11.5 Å². The van der Waals surface area contributed by atoms with Crippen LogP contribution in [0.5, 0.6) is 28.7 Å². The van der Waals surface area contributed by atoms with Crippen LogP contribution in [0.2, 0.25) is 0 Å². The molecule has 166 valence electrons. The molecule has 2 aromatic rings. The van der Waals surface area contributed by atoms with Gasteiger partial charge in [-0.05, 0) is 12.1 Å². The first-order valence-electron chi connectivity index (χ1n) is 9.74. The number of amides is 1. The standard InChI is InChI=1S/C21H25N3O7/c1-22-7-9-23(10-8-22)21(25)14-5-6-17(16(11-14)24(26)27)31-15-12-18(28-2)20(30-4)19(13-15)29-3/h5-6,11-13H,7-10H2,1-4H3/p+1. The minimum atomic E-state index is -0.571. The fraction of sp³-hybridized carbons (Fsp3) is 0.381. The molecule has 0 unspecified atom stereocenters. The van der Waals surface area contributed by atoms with E-state index in [9.17, 15) is 14.9 Å². The molecule has 0 aromatic heterocycles. The molecule has 10 nitrogen and oxygen atoms in total. The van der Waals surface area contributed by atoms with E-state index in [1.165, 1.54) is 56.6 Å². The number of nitrogens with zero attached hydrogens (tertiary/aromatic N) is 2. The first kappa shape index (κ1) is 22.2. The van der Waals surface area contributed by atoms with Crippen LogP contribution in [-0.4, -0.2) is 70.3 Å². The highest BCUT2D eigenvalue weighted by Crippen LogP contribution is 2.43. The normalized spacial score (nSPS) is 14.1. The average molecular weight is 432 g/mol. The maximum atomic E-state index is 12.8. The molecule has 1 saturated heterocycles. The maximum Gasteiger partial charge on any atom is 0.312 e. The van der Waals surface area contributed by atoms with Crippen molar-refractivity contribution in [3.8, 4) is 28.7 Å². The Morgan fingerprint density at radius 3 is 2.13 bits per heavy atom. The summed E-state index contributed by atoms with van der Waals surface area (Å²) in [5.74, 6) is 1.11. The van der Waals surface area contributed by atoms with E-state index in [-0.39, 0.29) is 28.7 Å². The van der Waals surface area contributed by atoms with Crippen LogP contribution < -0.4 is 23.8 Å². The van der Waals surface area contributed by atoms with E-state index in [4.69, 9.17) is 18.9 Å². The van der Waals surface area contributed by atoms with Crippen molar-refractivity contribution in [1.82, 2.24) is 4.90 Å². The van der Waals surface area contributed by atoms with Crippen molar-refractivity contribution in [3.63, 3.8) is 0 Å². The summed E-state index contributed by atoms with van der Waals surface area (Å²) in [6, 6.07) is 7.29. The monoisotopic (exact) mass is 432 g/mol. The Kier molecular flexibility index (Phi) is 6.81. The van der Waals surface area contributed by atoms with Crippen molar-refractivity contribution in [1.29, 1.82) is 0 Å². The predicted molar refractivity (Wildman–Crippen MR) is 112 cm³/mol. The molecule has 10 heteroatoms. The molecule has 0 spiro atoms. The lowest BCUT2D eigenvalue weighted by Gasteiger charge is -2.30. The molecular formula is C21H26N3O7+. The van der Waals surface area contributed by atoms with E-state index < -0.39 is 4.92 Å². The van der Waals surface area contributed by atoms with Crippen LogP contribution in [0.1, 0.15) is 10.4 Å². The van der Waals surface area contributed by atoms with Crippen molar-refractivity contribution >= 4 is 11.6 Å². The van der Waals surface area contributed by atoms with Gasteiger partial charge in [0.1, 0.15) is 5.75 Å². The number of nitro benzene ring substituents is 1. The third kappa shape index (κ3) is 4.80. The number of carbonyl (C=O) groups excluding carboxylic acids is 1. The van der Waals surface area contributed by atoms with Crippen LogP contribution in [0.25, 0.3) is 0 Å². The summed E-state index contributed by atoms with van der Waals surface area (Å²) in [7, 11) is 6.47. The van der Waals surface area contributed by atoms with Gasteiger partial charge in [-0.15, -0.1) is 0 Å². The van der Waals surface area contributed by atoms with Crippen LogP contribution in [-0.2, 0) is 0 Å². The molecule has 2 aromatic carbocycles. The second-order valence-corrected chi connectivity index (χ2v) is 7.15. The molecule has 1 heterocycles. The van der Waals surface area contributed by atoms with Gasteiger partial charge in [0.25, 0.3) is 5.91 Å². The van der Waals surface area contributed by atoms with Crippen molar-refractivity contribution < 1.29 is 33.6 Å². The molecule has 0 atom stereocenters. The third-order valence-corrected chi connectivity index (χ3v) is 5.17. The van der Waals surface area contributed by atoms with Crippen LogP contribution in [0.4, 0.5) is 5.69 Å². The number of quaternary nitrogens is 1. The van der Waals surface area contributed by atoms with E-state index in [2.05, 4.69) is 7.05 Å². The van der Waals surface area contributed by atoms with Gasteiger partial charge >= 0.3 is 5.69 Å². The van der Waals surface area contributed by atoms with Gasteiger partial charge in [0.05, 0.1) is 59.5 Å². The molecule has 0 bridgehead atoms. The van der Waals surface area contributed by atoms with Crippen molar-refractivity contribution in [2.75, 3.05) is 54.6 Å². The summed E-state index contributed by atoms with van der Waals surface area (Å²) in [4.78, 5) is 27.0.